The summed E-state index contributed by atoms with van der Waals surface area (Å²) in [7, 11) is -4.46. The van der Waals surface area contributed by atoms with Gasteiger partial charge in [0.05, 0.1) is 17.0 Å². The molecule has 0 aliphatic heterocycles. The highest BCUT2D eigenvalue weighted by molar-refractivity contribution is 7.91. The van der Waals surface area contributed by atoms with Crippen LogP contribution in [0.1, 0.15) is 49.0 Å². The number of aryl methyl sites for hydroxylation is 2. The molecule has 1 aliphatic carbocycles. The fourth-order valence-electron chi connectivity index (χ4n) is 5.02. The van der Waals surface area contributed by atoms with Gasteiger partial charge in [0.1, 0.15) is 12.4 Å². The summed E-state index contributed by atoms with van der Waals surface area (Å²) in [5.74, 6) is -1.32. The zero-order valence-corrected chi connectivity index (χ0v) is 22.6. The van der Waals surface area contributed by atoms with Gasteiger partial charge in [0.25, 0.3) is 5.56 Å². The first-order valence-corrected chi connectivity index (χ1v) is 14.1. The van der Waals surface area contributed by atoms with Crippen molar-refractivity contribution in [2.24, 2.45) is 0 Å². The summed E-state index contributed by atoms with van der Waals surface area (Å²) in [6, 6.07) is 15.8. The fraction of sp³-hybridized carbons (Fsp3) is 0.276. The molecule has 0 bridgehead atoms. The van der Waals surface area contributed by atoms with E-state index in [0.717, 1.165) is 17.5 Å². The van der Waals surface area contributed by atoms with Crippen LogP contribution in [0.2, 0.25) is 0 Å². The number of rotatable bonds is 7. The van der Waals surface area contributed by atoms with E-state index in [1.54, 1.807) is 25.1 Å². The van der Waals surface area contributed by atoms with Crippen LogP contribution in [0.5, 0.6) is 5.88 Å². The number of pyridine rings is 1. The molecule has 0 spiro atoms. The number of aromatic hydroxyl groups is 1. The molecule has 0 amide bonds. The van der Waals surface area contributed by atoms with E-state index in [4.69, 9.17) is 4.74 Å². The molecule has 2 aromatic heterocycles. The summed E-state index contributed by atoms with van der Waals surface area (Å²) in [5, 5.41) is 10.8. The number of ether oxygens (including phenoxy) is 1. The molecule has 1 N–H and O–H groups in total. The van der Waals surface area contributed by atoms with Crippen LogP contribution in [-0.2, 0) is 27.6 Å². The molecule has 39 heavy (non-hydrogen) atoms. The molecule has 0 saturated heterocycles. The molecule has 5 rings (SSSR count). The summed E-state index contributed by atoms with van der Waals surface area (Å²) in [6.45, 7) is 5.25. The highest BCUT2D eigenvalue weighted by Gasteiger charge is 2.34. The largest absolute Gasteiger partial charge is 0.492 e. The zero-order chi connectivity index (χ0) is 27.9. The summed E-state index contributed by atoms with van der Waals surface area (Å²) >= 11 is 0. The minimum atomic E-state index is -4.46. The number of hydrogen-bond donors (Lipinski definition) is 1. The molecular weight excluding hydrogens is 521 g/mol. The second kappa shape index (κ2) is 10.3. The summed E-state index contributed by atoms with van der Waals surface area (Å²) < 4.78 is 47.9. The average molecular weight is 550 g/mol. The van der Waals surface area contributed by atoms with Crippen LogP contribution in [0.4, 0.5) is 4.39 Å². The van der Waals surface area contributed by atoms with Gasteiger partial charge in [-0.2, -0.15) is 9.37 Å². The number of halogens is 1. The first-order valence-electron chi connectivity index (χ1n) is 12.6. The Morgan fingerprint density at radius 1 is 1.08 bits per heavy atom. The van der Waals surface area contributed by atoms with E-state index in [2.05, 4.69) is 9.97 Å². The third kappa shape index (κ3) is 4.97. The van der Waals surface area contributed by atoms with Crippen molar-refractivity contribution in [3.05, 3.63) is 99.6 Å². The SMILES string of the molecule is Cc1nc(F)ccc1-c1ccc(S(=O)(=O)c2c(O)nc(COC(C)C)n([C@H]3CCc4ccccc43)c2=O)cc1. The Bertz CT molecular complexity index is 1720. The molecule has 0 saturated carbocycles. The molecule has 10 heteroatoms. The van der Waals surface area contributed by atoms with Crippen LogP contribution in [-0.4, -0.2) is 34.2 Å². The molecule has 4 aromatic rings. The normalized spacial score (nSPS) is 15.1. The van der Waals surface area contributed by atoms with E-state index >= 15 is 0 Å². The number of benzene rings is 2. The lowest BCUT2D eigenvalue weighted by Crippen LogP contribution is -2.33. The highest BCUT2D eigenvalue weighted by atomic mass is 32.2. The molecule has 2 aromatic carbocycles. The van der Waals surface area contributed by atoms with Gasteiger partial charge in [0.15, 0.2) is 4.90 Å². The van der Waals surface area contributed by atoms with Gasteiger partial charge in [-0.3, -0.25) is 9.36 Å². The highest BCUT2D eigenvalue weighted by Crippen LogP contribution is 2.36. The Morgan fingerprint density at radius 2 is 1.79 bits per heavy atom. The number of hydrogen-bond acceptors (Lipinski definition) is 7. The standard InChI is InChI=1S/C29H28FN3O5S/c1-17(2)38-16-26-32-28(34)27(29(35)33(26)24-14-10-19-6-4-5-7-23(19)24)39(36,37)21-11-8-20(9-12-21)22-13-15-25(30)31-18(22)3/h4-9,11-13,15,17,24,34H,10,14,16H2,1-3H3/t24-/m0/s1. The minimum absolute atomic E-state index is 0.0702. The molecule has 2 heterocycles. The molecule has 1 aliphatic rings. The van der Waals surface area contributed by atoms with Crippen molar-refractivity contribution in [2.75, 3.05) is 0 Å². The van der Waals surface area contributed by atoms with Crippen LogP contribution in [0.3, 0.4) is 0 Å². The lowest BCUT2D eigenvalue weighted by Gasteiger charge is -2.21. The summed E-state index contributed by atoms with van der Waals surface area (Å²) in [6.07, 6.45) is 1.13. The van der Waals surface area contributed by atoms with E-state index in [9.17, 15) is 22.7 Å². The third-order valence-electron chi connectivity index (χ3n) is 6.88. The van der Waals surface area contributed by atoms with Crippen molar-refractivity contribution in [3.8, 4) is 17.0 Å². The summed E-state index contributed by atoms with van der Waals surface area (Å²) in [5.41, 5.74) is 2.85. The molecule has 1 atom stereocenters. The second-order valence-corrected chi connectivity index (χ2v) is 11.7. The topological polar surface area (TPSA) is 111 Å². The van der Waals surface area contributed by atoms with Gasteiger partial charge in [-0.1, -0.05) is 36.4 Å². The van der Waals surface area contributed by atoms with E-state index in [1.165, 1.54) is 22.8 Å². The quantitative estimate of drug-likeness (QED) is 0.331. The van der Waals surface area contributed by atoms with Crippen molar-refractivity contribution in [1.29, 1.82) is 0 Å². The van der Waals surface area contributed by atoms with Gasteiger partial charge >= 0.3 is 0 Å². The Labute approximate surface area is 225 Å². The summed E-state index contributed by atoms with van der Waals surface area (Å²) in [4.78, 5) is 20.9. The van der Waals surface area contributed by atoms with Gasteiger partial charge < -0.3 is 9.84 Å². The number of aromatic nitrogens is 3. The van der Waals surface area contributed by atoms with Crippen LogP contribution >= 0.6 is 0 Å². The number of sulfone groups is 1. The molecular formula is C29H28FN3O5S. The van der Waals surface area contributed by atoms with E-state index in [1.807, 2.05) is 38.1 Å². The van der Waals surface area contributed by atoms with Crippen molar-refractivity contribution in [2.45, 2.75) is 62.2 Å². The molecule has 202 valence electrons. The molecule has 8 nitrogen and oxygen atoms in total. The van der Waals surface area contributed by atoms with Gasteiger partial charge in [0, 0.05) is 11.3 Å². The lowest BCUT2D eigenvalue weighted by atomic mass is 10.1. The average Bonchev–Trinajstić information content (AvgIpc) is 3.31. The third-order valence-corrected chi connectivity index (χ3v) is 8.67. The van der Waals surface area contributed by atoms with Gasteiger partial charge in [-0.05, 0) is 74.6 Å². The first kappa shape index (κ1) is 26.7. The Balaban J connectivity index is 1.62. The first-order chi connectivity index (χ1) is 18.6. The van der Waals surface area contributed by atoms with Gasteiger partial charge in [-0.25, -0.2) is 13.4 Å². The molecule has 0 unspecified atom stereocenters. The lowest BCUT2D eigenvalue weighted by molar-refractivity contribution is 0.0574. The molecule has 0 radical (unpaired) electrons. The van der Waals surface area contributed by atoms with E-state index in [0.29, 0.717) is 23.2 Å². The van der Waals surface area contributed by atoms with E-state index in [-0.39, 0.29) is 23.4 Å². The van der Waals surface area contributed by atoms with Crippen molar-refractivity contribution in [3.63, 3.8) is 0 Å². The number of nitrogens with zero attached hydrogens (tertiary/aromatic N) is 3. The Kier molecular flexibility index (Phi) is 7.09. The maximum absolute atomic E-state index is 13.9. The minimum Gasteiger partial charge on any atom is -0.492 e. The van der Waals surface area contributed by atoms with Gasteiger partial charge in [0.2, 0.25) is 21.7 Å². The van der Waals surface area contributed by atoms with Crippen LogP contribution in [0, 0.1) is 12.9 Å². The van der Waals surface area contributed by atoms with Crippen molar-refractivity contribution >= 4 is 9.84 Å². The Morgan fingerprint density at radius 3 is 2.49 bits per heavy atom. The van der Waals surface area contributed by atoms with Crippen LogP contribution in [0.25, 0.3) is 11.1 Å². The molecule has 0 fully saturated rings. The van der Waals surface area contributed by atoms with Crippen molar-refractivity contribution in [1.82, 2.24) is 14.5 Å². The smallest absolute Gasteiger partial charge is 0.277 e. The van der Waals surface area contributed by atoms with Gasteiger partial charge in [-0.15, -0.1) is 0 Å². The van der Waals surface area contributed by atoms with E-state index < -0.39 is 38.2 Å². The Hall–Kier alpha value is -3.89. The number of fused-ring (bicyclic) bond motifs is 1. The van der Waals surface area contributed by atoms with Crippen LogP contribution < -0.4 is 5.56 Å². The maximum Gasteiger partial charge on any atom is 0.277 e. The fourth-order valence-corrected chi connectivity index (χ4v) is 6.36. The zero-order valence-electron chi connectivity index (χ0n) is 21.8. The predicted octanol–water partition coefficient (Wildman–Crippen LogP) is 4.75. The van der Waals surface area contributed by atoms with Crippen LogP contribution in [0.15, 0.2) is 75.2 Å². The second-order valence-electron chi connectivity index (χ2n) is 9.76. The maximum atomic E-state index is 13.9. The predicted molar refractivity (Wildman–Crippen MR) is 143 cm³/mol. The van der Waals surface area contributed by atoms with Crippen molar-refractivity contribution < 1.29 is 22.7 Å². The monoisotopic (exact) mass is 549 g/mol.